The molecule has 25 heavy (non-hydrogen) atoms. The summed E-state index contributed by atoms with van der Waals surface area (Å²) in [6.07, 6.45) is 2.07. The number of rotatable bonds is 4. The minimum atomic E-state index is -1.03. The number of thioether (sulfide) groups is 1. The largest absolute Gasteiger partial charge is 0.477 e. The number of amidine groups is 1. The lowest BCUT2D eigenvalue weighted by molar-refractivity contribution is -0.163. The molecule has 0 unspecified atom stereocenters. The van der Waals surface area contributed by atoms with Crippen LogP contribution in [0.2, 0.25) is 0 Å². The zero-order valence-corrected chi connectivity index (χ0v) is 15.0. The van der Waals surface area contributed by atoms with Gasteiger partial charge in [0.15, 0.2) is 5.17 Å². The standard InChI is InChI=1S/C17H23N3O4S/c1-8(21)11-13-10-4-2-3-9(7-19-17-18-5-6-25-17)12(10)14(16(23)24)20(13)15(11)22/h8-11,13,21H,2-7H2,1H3,(H,18,19)(H,23,24)/t8-,9-,10+,11-,13-/m1/s1. The number of aliphatic hydroxyl groups is 1. The molecule has 1 amide bonds. The molecular formula is C17H23N3O4S. The summed E-state index contributed by atoms with van der Waals surface area (Å²) in [6.45, 7) is 3.10. The van der Waals surface area contributed by atoms with E-state index >= 15 is 0 Å². The van der Waals surface area contributed by atoms with E-state index in [4.69, 9.17) is 0 Å². The summed E-state index contributed by atoms with van der Waals surface area (Å²) in [6, 6.07) is -0.186. The Bertz CT molecular complexity index is 675. The minimum absolute atomic E-state index is 0.0575. The Morgan fingerprint density at radius 3 is 2.92 bits per heavy atom. The van der Waals surface area contributed by atoms with E-state index in [1.54, 1.807) is 18.7 Å². The van der Waals surface area contributed by atoms with Gasteiger partial charge in [-0.25, -0.2) is 4.79 Å². The Morgan fingerprint density at radius 2 is 2.28 bits per heavy atom. The van der Waals surface area contributed by atoms with E-state index in [9.17, 15) is 19.8 Å². The van der Waals surface area contributed by atoms with Crippen molar-refractivity contribution in [3.8, 4) is 0 Å². The normalized spacial score (nSPS) is 35.0. The number of amides is 1. The first-order chi connectivity index (χ1) is 12.0. The van der Waals surface area contributed by atoms with Crippen LogP contribution in [0.3, 0.4) is 0 Å². The average molecular weight is 365 g/mol. The van der Waals surface area contributed by atoms with Gasteiger partial charge in [0.1, 0.15) is 5.70 Å². The van der Waals surface area contributed by atoms with Gasteiger partial charge in [-0.05, 0) is 25.3 Å². The summed E-state index contributed by atoms with van der Waals surface area (Å²) < 4.78 is 0. The summed E-state index contributed by atoms with van der Waals surface area (Å²) in [5, 5.41) is 24.0. The smallest absolute Gasteiger partial charge is 0.352 e. The first kappa shape index (κ1) is 16.9. The van der Waals surface area contributed by atoms with Crippen LogP contribution in [-0.4, -0.2) is 63.1 Å². The zero-order valence-electron chi connectivity index (χ0n) is 14.1. The molecule has 0 aromatic heterocycles. The molecule has 4 rings (SSSR count). The van der Waals surface area contributed by atoms with E-state index in [0.29, 0.717) is 6.54 Å². The van der Waals surface area contributed by atoms with Gasteiger partial charge in [0, 0.05) is 24.1 Å². The van der Waals surface area contributed by atoms with Crippen molar-refractivity contribution in [3.63, 3.8) is 0 Å². The number of hydrogen-bond acceptors (Lipinski definition) is 6. The third-order valence-electron chi connectivity index (χ3n) is 5.83. The van der Waals surface area contributed by atoms with Gasteiger partial charge in [-0.15, -0.1) is 0 Å². The van der Waals surface area contributed by atoms with Gasteiger partial charge in [0.2, 0.25) is 5.91 Å². The number of carbonyl (C=O) groups is 2. The van der Waals surface area contributed by atoms with E-state index in [2.05, 4.69) is 10.3 Å². The number of fused-ring (bicyclic) bond motifs is 3. The van der Waals surface area contributed by atoms with Crippen molar-refractivity contribution in [1.29, 1.82) is 0 Å². The van der Waals surface area contributed by atoms with Gasteiger partial charge < -0.3 is 20.4 Å². The molecule has 7 nitrogen and oxygen atoms in total. The quantitative estimate of drug-likeness (QED) is 0.633. The lowest BCUT2D eigenvalue weighted by Crippen LogP contribution is -2.64. The van der Waals surface area contributed by atoms with Gasteiger partial charge in [0.25, 0.3) is 0 Å². The molecule has 5 atom stereocenters. The number of carboxylic acid groups (broad SMARTS) is 1. The maximum atomic E-state index is 12.4. The number of carbonyl (C=O) groups excluding carboxylic acids is 1. The molecule has 1 saturated heterocycles. The van der Waals surface area contributed by atoms with Crippen LogP contribution in [0.25, 0.3) is 0 Å². The van der Waals surface area contributed by atoms with Crippen molar-refractivity contribution in [2.45, 2.75) is 38.3 Å². The summed E-state index contributed by atoms with van der Waals surface area (Å²) in [5.74, 6) is -0.609. The van der Waals surface area contributed by atoms with Gasteiger partial charge in [-0.3, -0.25) is 9.79 Å². The molecule has 2 fully saturated rings. The minimum Gasteiger partial charge on any atom is -0.477 e. The predicted octanol–water partition coefficient (Wildman–Crippen LogP) is 0.655. The fraction of sp³-hybridized carbons (Fsp3) is 0.706. The van der Waals surface area contributed by atoms with E-state index in [0.717, 1.165) is 42.3 Å². The van der Waals surface area contributed by atoms with Crippen LogP contribution in [0.15, 0.2) is 16.3 Å². The van der Waals surface area contributed by atoms with Crippen molar-refractivity contribution in [1.82, 2.24) is 10.2 Å². The fourth-order valence-corrected chi connectivity index (χ4v) is 5.61. The second-order valence-electron chi connectivity index (χ2n) is 7.22. The van der Waals surface area contributed by atoms with Crippen LogP contribution in [0, 0.1) is 17.8 Å². The van der Waals surface area contributed by atoms with Crippen molar-refractivity contribution in [3.05, 3.63) is 11.3 Å². The van der Waals surface area contributed by atoms with Crippen molar-refractivity contribution >= 4 is 28.8 Å². The summed E-state index contributed by atoms with van der Waals surface area (Å²) in [4.78, 5) is 30.2. The first-order valence-corrected chi connectivity index (χ1v) is 9.89. The molecule has 8 heteroatoms. The highest BCUT2D eigenvalue weighted by Gasteiger charge is 2.62. The summed E-state index contributed by atoms with van der Waals surface area (Å²) in [7, 11) is 0. The molecule has 1 saturated carbocycles. The van der Waals surface area contributed by atoms with Crippen molar-refractivity contribution in [2.75, 3.05) is 18.8 Å². The van der Waals surface area contributed by atoms with Crippen LogP contribution in [0.4, 0.5) is 0 Å². The molecular weight excluding hydrogens is 342 g/mol. The Hall–Kier alpha value is -1.54. The SMILES string of the molecule is C[C@@H](O)[C@H]1C(=O)N2C(C(=O)O)=C3[C@@H](CNC4=NCCS4)CCC[C@@H]3[C@H]12. The third-order valence-corrected chi connectivity index (χ3v) is 6.76. The molecule has 3 N–H and O–H groups in total. The topological polar surface area (TPSA) is 102 Å². The highest BCUT2D eigenvalue weighted by atomic mass is 32.2. The van der Waals surface area contributed by atoms with Crippen LogP contribution in [0.5, 0.6) is 0 Å². The molecule has 0 aromatic rings. The molecule has 3 heterocycles. The monoisotopic (exact) mass is 365 g/mol. The van der Waals surface area contributed by atoms with E-state index in [-0.39, 0.29) is 29.5 Å². The average Bonchev–Trinajstić information content (AvgIpc) is 3.17. The number of hydrogen-bond donors (Lipinski definition) is 3. The highest BCUT2D eigenvalue weighted by Crippen LogP contribution is 2.53. The summed E-state index contributed by atoms with van der Waals surface area (Å²) >= 11 is 1.69. The van der Waals surface area contributed by atoms with Gasteiger partial charge in [-0.2, -0.15) is 0 Å². The lowest BCUT2D eigenvalue weighted by Gasteiger charge is -2.47. The van der Waals surface area contributed by atoms with Gasteiger partial charge >= 0.3 is 5.97 Å². The number of aliphatic hydroxyl groups excluding tert-OH is 1. The fourth-order valence-electron chi connectivity index (χ4n) is 4.87. The lowest BCUT2D eigenvalue weighted by atomic mass is 9.69. The second kappa shape index (κ2) is 6.32. The number of nitrogens with one attached hydrogen (secondary N) is 1. The molecule has 0 spiro atoms. The Morgan fingerprint density at radius 1 is 1.48 bits per heavy atom. The predicted molar refractivity (Wildman–Crippen MR) is 94.1 cm³/mol. The molecule has 136 valence electrons. The number of carboxylic acids is 1. The van der Waals surface area contributed by atoms with Crippen molar-refractivity contribution < 1.29 is 19.8 Å². The summed E-state index contributed by atoms with van der Waals surface area (Å²) in [5.41, 5.74) is 1.07. The molecule has 0 radical (unpaired) electrons. The van der Waals surface area contributed by atoms with E-state index in [1.165, 1.54) is 4.90 Å². The molecule has 4 aliphatic rings. The third kappa shape index (κ3) is 2.57. The first-order valence-electron chi connectivity index (χ1n) is 8.90. The molecule has 3 aliphatic heterocycles. The molecule has 0 bridgehead atoms. The molecule has 0 aromatic carbocycles. The number of aliphatic carboxylic acids is 1. The number of aliphatic imine (C=N–C) groups is 1. The van der Waals surface area contributed by atoms with Crippen LogP contribution >= 0.6 is 11.8 Å². The van der Waals surface area contributed by atoms with E-state index in [1.807, 2.05) is 0 Å². The van der Waals surface area contributed by atoms with Gasteiger partial charge in [-0.1, -0.05) is 18.2 Å². The maximum Gasteiger partial charge on any atom is 0.352 e. The number of β-lactam (4-membered cyclic amide) rings is 1. The maximum absolute atomic E-state index is 12.4. The van der Waals surface area contributed by atoms with Crippen LogP contribution in [0.1, 0.15) is 26.2 Å². The molecule has 1 aliphatic carbocycles. The second-order valence-corrected chi connectivity index (χ2v) is 8.31. The zero-order chi connectivity index (χ0) is 17.7. The Labute approximate surface area is 150 Å². The van der Waals surface area contributed by atoms with Crippen LogP contribution < -0.4 is 5.32 Å². The highest BCUT2D eigenvalue weighted by molar-refractivity contribution is 8.14. The van der Waals surface area contributed by atoms with Crippen LogP contribution in [-0.2, 0) is 9.59 Å². The Balaban J connectivity index is 1.62. The van der Waals surface area contributed by atoms with Crippen molar-refractivity contribution in [2.24, 2.45) is 22.7 Å². The Kier molecular flexibility index (Phi) is 4.27. The van der Waals surface area contributed by atoms with Gasteiger partial charge in [0.05, 0.1) is 24.6 Å². The van der Waals surface area contributed by atoms with E-state index < -0.39 is 18.0 Å². The number of nitrogens with zero attached hydrogens (tertiary/aromatic N) is 2.